The van der Waals surface area contributed by atoms with Gasteiger partial charge >= 0.3 is 12.1 Å². The van der Waals surface area contributed by atoms with Gasteiger partial charge in [-0.05, 0) is 55.4 Å². The van der Waals surface area contributed by atoms with Gasteiger partial charge in [0, 0.05) is 24.5 Å². The number of nitrogens with one attached hydrogen (secondary N) is 4. The largest absolute Gasteiger partial charge is 0.338 e. The van der Waals surface area contributed by atoms with Gasteiger partial charge < -0.3 is 21.3 Å². The lowest BCUT2D eigenvalue weighted by Gasteiger charge is -2.33. The molecule has 1 unspecified atom stereocenters. The minimum atomic E-state index is -0.192. The number of amides is 4. The fraction of sp³-hybridized carbons (Fsp3) is 0.440. The highest BCUT2D eigenvalue weighted by molar-refractivity contribution is 5.89. The predicted octanol–water partition coefficient (Wildman–Crippen LogP) is 6.00. The fourth-order valence-electron chi connectivity index (χ4n) is 3.66. The number of benzene rings is 2. The molecule has 0 heterocycles. The zero-order chi connectivity index (χ0) is 22.4. The summed E-state index contributed by atoms with van der Waals surface area (Å²) in [5, 5.41) is 11.7. The van der Waals surface area contributed by atoms with Crippen LogP contribution in [0.1, 0.15) is 52.4 Å². The summed E-state index contributed by atoms with van der Waals surface area (Å²) < 4.78 is 0. The van der Waals surface area contributed by atoms with Gasteiger partial charge in [0.15, 0.2) is 0 Å². The van der Waals surface area contributed by atoms with Gasteiger partial charge in [-0.3, -0.25) is 0 Å². The topological polar surface area (TPSA) is 82.3 Å². The minimum Gasteiger partial charge on any atom is -0.338 e. The van der Waals surface area contributed by atoms with Gasteiger partial charge in [0.05, 0.1) is 0 Å². The van der Waals surface area contributed by atoms with Crippen LogP contribution in [-0.4, -0.2) is 25.2 Å². The van der Waals surface area contributed by atoms with Gasteiger partial charge in [0.25, 0.3) is 0 Å². The van der Waals surface area contributed by atoms with E-state index in [9.17, 15) is 9.59 Å². The van der Waals surface area contributed by atoms with Crippen LogP contribution in [0.15, 0.2) is 60.7 Å². The highest BCUT2D eigenvalue weighted by atomic mass is 16.2. The van der Waals surface area contributed by atoms with Crippen LogP contribution in [0.3, 0.4) is 0 Å². The second kappa shape index (κ2) is 13.3. The molecule has 0 fully saturated rings. The van der Waals surface area contributed by atoms with E-state index in [0.29, 0.717) is 13.1 Å². The van der Waals surface area contributed by atoms with Gasteiger partial charge in [-0.1, -0.05) is 63.1 Å². The number of hydrogen-bond acceptors (Lipinski definition) is 2. The fourth-order valence-corrected chi connectivity index (χ4v) is 3.66. The molecule has 2 aromatic rings. The number of para-hydroxylation sites is 2. The molecule has 1 atom stereocenters. The van der Waals surface area contributed by atoms with Gasteiger partial charge in [-0.15, -0.1) is 0 Å². The van der Waals surface area contributed by atoms with Crippen molar-refractivity contribution in [3.8, 4) is 0 Å². The third-order valence-corrected chi connectivity index (χ3v) is 5.67. The third-order valence-electron chi connectivity index (χ3n) is 5.67. The van der Waals surface area contributed by atoms with E-state index >= 15 is 0 Å². The smallest absolute Gasteiger partial charge is 0.319 e. The maximum atomic E-state index is 12.4. The Balaban J connectivity index is 1.80. The molecule has 2 rings (SSSR count). The summed E-state index contributed by atoms with van der Waals surface area (Å²) in [5.41, 5.74) is 1.59. The maximum absolute atomic E-state index is 12.4. The van der Waals surface area contributed by atoms with Crippen LogP contribution in [0, 0.1) is 5.41 Å². The molecule has 0 spiro atoms. The Morgan fingerprint density at radius 2 is 1.26 bits per heavy atom. The first-order valence-corrected chi connectivity index (χ1v) is 11.3. The zero-order valence-electron chi connectivity index (χ0n) is 18.7. The van der Waals surface area contributed by atoms with Crippen molar-refractivity contribution in [2.75, 3.05) is 23.7 Å². The second-order valence-electron chi connectivity index (χ2n) is 7.98. The molecule has 2 aromatic carbocycles. The van der Waals surface area contributed by atoms with Crippen LogP contribution in [0.2, 0.25) is 0 Å². The summed E-state index contributed by atoms with van der Waals surface area (Å²) in [6.07, 6.45) is 6.09. The van der Waals surface area contributed by atoms with E-state index in [1.807, 2.05) is 60.7 Å². The molecule has 31 heavy (non-hydrogen) atoms. The molecule has 0 aliphatic rings. The van der Waals surface area contributed by atoms with E-state index < -0.39 is 0 Å². The van der Waals surface area contributed by atoms with Crippen molar-refractivity contribution in [3.05, 3.63) is 60.7 Å². The van der Waals surface area contributed by atoms with Crippen LogP contribution in [-0.2, 0) is 0 Å². The molecular formula is C25H36N4O2. The molecule has 4 amide bonds. The Bertz CT molecular complexity index is 783. The number of urea groups is 2. The first kappa shape index (κ1) is 24.3. The summed E-state index contributed by atoms with van der Waals surface area (Å²) in [6.45, 7) is 5.59. The summed E-state index contributed by atoms with van der Waals surface area (Å²) in [6, 6.07) is 18.5. The summed E-state index contributed by atoms with van der Waals surface area (Å²) in [4.78, 5) is 24.4. The molecule has 4 N–H and O–H groups in total. The van der Waals surface area contributed by atoms with Crippen molar-refractivity contribution in [2.45, 2.75) is 52.4 Å². The summed E-state index contributed by atoms with van der Waals surface area (Å²) in [7, 11) is 0. The molecule has 0 radical (unpaired) electrons. The molecule has 6 nitrogen and oxygen atoms in total. The van der Waals surface area contributed by atoms with Gasteiger partial charge in [0.1, 0.15) is 0 Å². The molecule has 0 saturated carbocycles. The number of hydrogen-bond donors (Lipinski definition) is 4. The van der Waals surface area contributed by atoms with E-state index in [1.165, 1.54) is 0 Å². The normalized spacial score (nSPS) is 12.5. The predicted molar refractivity (Wildman–Crippen MR) is 128 cm³/mol. The zero-order valence-corrected chi connectivity index (χ0v) is 18.7. The van der Waals surface area contributed by atoms with Crippen LogP contribution in [0.25, 0.3) is 0 Å². The lowest BCUT2D eigenvalue weighted by Crippen LogP contribution is -2.40. The van der Waals surface area contributed by atoms with Crippen molar-refractivity contribution < 1.29 is 9.59 Å². The Kier molecular flexibility index (Phi) is 10.4. The highest BCUT2D eigenvalue weighted by Crippen LogP contribution is 2.33. The average Bonchev–Trinajstić information content (AvgIpc) is 2.79. The Hall–Kier alpha value is -3.02. The van der Waals surface area contributed by atoms with Crippen molar-refractivity contribution in [1.82, 2.24) is 10.6 Å². The molecule has 0 saturated heterocycles. The first-order chi connectivity index (χ1) is 15.1. The number of rotatable bonds is 12. The van der Waals surface area contributed by atoms with Gasteiger partial charge in [-0.2, -0.15) is 0 Å². The standard InChI is InChI=1S/C25H36N4O2/c1-3-5-17-25(4-2,20-27-24(31)29-22-15-10-7-11-16-22)18-12-19-26-23(30)28-21-13-8-6-9-14-21/h6-11,13-16H,3-5,12,17-20H2,1-2H3,(H2,26,28,30)(H2,27,29,31). The number of carbonyl (C=O) groups excluding carboxylic acids is 2. The number of carbonyl (C=O) groups is 2. The van der Waals surface area contributed by atoms with Crippen molar-refractivity contribution in [1.29, 1.82) is 0 Å². The van der Waals surface area contributed by atoms with E-state index in [-0.39, 0.29) is 17.5 Å². The molecule has 0 aromatic heterocycles. The molecule has 0 aliphatic heterocycles. The highest BCUT2D eigenvalue weighted by Gasteiger charge is 2.27. The minimum absolute atomic E-state index is 0.0294. The molecule has 0 aliphatic carbocycles. The molecule has 6 heteroatoms. The Morgan fingerprint density at radius 1 is 0.742 bits per heavy atom. The summed E-state index contributed by atoms with van der Waals surface area (Å²) >= 11 is 0. The lowest BCUT2D eigenvalue weighted by atomic mass is 9.76. The Labute approximate surface area is 186 Å². The van der Waals surface area contributed by atoms with Crippen LogP contribution < -0.4 is 21.3 Å². The van der Waals surface area contributed by atoms with Crippen molar-refractivity contribution in [2.24, 2.45) is 5.41 Å². The van der Waals surface area contributed by atoms with Crippen molar-refractivity contribution in [3.63, 3.8) is 0 Å². The maximum Gasteiger partial charge on any atom is 0.319 e. The van der Waals surface area contributed by atoms with E-state index in [2.05, 4.69) is 35.1 Å². The monoisotopic (exact) mass is 424 g/mol. The number of unbranched alkanes of at least 4 members (excludes halogenated alkanes) is 1. The average molecular weight is 425 g/mol. The molecule has 0 bridgehead atoms. The Morgan fingerprint density at radius 3 is 1.77 bits per heavy atom. The van der Waals surface area contributed by atoms with E-state index in [1.54, 1.807) is 0 Å². The SMILES string of the molecule is CCCCC(CC)(CCCNC(=O)Nc1ccccc1)CNC(=O)Nc1ccccc1. The molecule has 168 valence electrons. The van der Waals surface area contributed by atoms with Crippen LogP contribution in [0.4, 0.5) is 21.0 Å². The van der Waals surface area contributed by atoms with Gasteiger partial charge in [0.2, 0.25) is 0 Å². The van der Waals surface area contributed by atoms with E-state index in [0.717, 1.165) is 49.9 Å². The lowest BCUT2D eigenvalue weighted by molar-refractivity contribution is 0.202. The quantitative estimate of drug-likeness (QED) is 0.315. The van der Waals surface area contributed by atoms with Crippen molar-refractivity contribution >= 4 is 23.4 Å². The third kappa shape index (κ3) is 9.11. The molecular weight excluding hydrogens is 388 g/mol. The van der Waals surface area contributed by atoms with E-state index in [4.69, 9.17) is 0 Å². The summed E-state index contributed by atoms with van der Waals surface area (Å²) in [5.74, 6) is 0. The van der Waals surface area contributed by atoms with Crippen LogP contribution >= 0.6 is 0 Å². The first-order valence-electron chi connectivity index (χ1n) is 11.3. The van der Waals surface area contributed by atoms with Crippen LogP contribution in [0.5, 0.6) is 0 Å². The number of anilines is 2. The van der Waals surface area contributed by atoms with Gasteiger partial charge in [-0.25, -0.2) is 9.59 Å². The second-order valence-corrected chi connectivity index (χ2v) is 7.98.